The summed E-state index contributed by atoms with van der Waals surface area (Å²) in [6, 6.07) is 4.59. The lowest BCUT2D eigenvalue weighted by molar-refractivity contribution is 0.599. The molecule has 0 unspecified atom stereocenters. The zero-order valence-electron chi connectivity index (χ0n) is 7.62. The predicted molar refractivity (Wildman–Crippen MR) is 57.1 cm³/mol. The SMILES string of the molecule is C#CCS(=O)(=O)c1ccc(C)c(Cl)c1. The molecule has 0 bridgehead atoms. The van der Waals surface area contributed by atoms with Gasteiger partial charge in [-0.2, -0.15) is 0 Å². The molecular formula is C10H9ClO2S. The Hall–Kier alpha value is -0.980. The smallest absolute Gasteiger partial charge is 0.189 e. The number of rotatable bonds is 2. The Labute approximate surface area is 88.8 Å². The van der Waals surface area contributed by atoms with Crippen LogP contribution < -0.4 is 0 Å². The Kier molecular flexibility index (Phi) is 3.20. The van der Waals surface area contributed by atoms with E-state index in [2.05, 4.69) is 5.92 Å². The van der Waals surface area contributed by atoms with Gasteiger partial charge in [-0.1, -0.05) is 23.6 Å². The van der Waals surface area contributed by atoms with Crippen LogP contribution in [0, 0.1) is 19.3 Å². The first-order valence-corrected chi connectivity index (χ1v) is 5.93. The van der Waals surface area contributed by atoms with E-state index in [4.69, 9.17) is 18.0 Å². The topological polar surface area (TPSA) is 34.1 Å². The molecule has 0 aliphatic heterocycles. The molecule has 0 spiro atoms. The van der Waals surface area contributed by atoms with Gasteiger partial charge in [-0.15, -0.1) is 6.42 Å². The van der Waals surface area contributed by atoms with Gasteiger partial charge in [0, 0.05) is 5.02 Å². The minimum absolute atomic E-state index is 0.172. The van der Waals surface area contributed by atoms with Gasteiger partial charge in [0.1, 0.15) is 5.75 Å². The van der Waals surface area contributed by atoms with Crippen molar-refractivity contribution >= 4 is 21.4 Å². The van der Waals surface area contributed by atoms with Gasteiger partial charge in [0.15, 0.2) is 9.84 Å². The minimum Gasteiger partial charge on any atom is -0.223 e. The fourth-order valence-corrected chi connectivity index (χ4v) is 2.16. The summed E-state index contributed by atoms with van der Waals surface area (Å²) in [6.45, 7) is 1.81. The molecule has 0 saturated carbocycles. The second-order valence-electron chi connectivity index (χ2n) is 2.87. The van der Waals surface area contributed by atoms with Crippen LogP contribution in [0.25, 0.3) is 0 Å². The van der Waals surface area contributed by atoms with E-state index in [0.29, 0.717) is 5.02 Å². The van der Waals surface area contributed by atoms with Crippen LogP contribution in [0.15, 0.2) is 23.1 Å². The van der Waals surface area contributed by atoms with Gasteiger partial charge in [0.2, 0.25) is 0 Å². The van der Waals surface area contributed by atoms with Crippen LogP contribution in [0.1, 0.15) is 5.56 Å². The summed E-state index contributed by atoms with van der Waals surface area (Å²) in [5.41, 5.74) is 0.839. The first kappa shape index (κ1) is 11.1. The van der Waals surface area contributed by atoms with Crippen molar-refractivity contribution in [1.29, 1.82) is 0 Å². The summed E-state index contributed by atoms with van der Waals surface area (Å²) in [4.78, 5) is 0.172. The number of halogens is 1. The van der Waals surface area contributed by atoms with E-state index in [0.717, 1.165) is 5.56 Å². The molecule has 0 saturated heterocycles. The summed E-state index contributed by atoms with van der Waals surface area (Å²) in [5.74, 6) is 1.81. The number of terminal acetylenes is 1. The molecule has 74 valence electrons. The lowest BCUT2D eigenvalue weighted by atomic mass is 10.2. The molecule has 0 aromatic heterocycles. The van der Waals surface area contributed by atoms with E-state index < -0.39 is 9.84 Å². The molecule has 0 radical (unpaired) electrons. The van der Waals surface area contributed by atoms with Crippen molar-refractivity contribution in [2.75, 3.05) is 5.75 Å². The van der Waals surface area contributed by atoms with Gasteiger partial charge in [-0.25, -0.2) is 8.42 Å². The molecule has 2 nitrogen and oxygen atoms in total. The molecular weight excluding hydrogens is 220 g/mol. The van der Waals surface area contributed by atoms with E-state index >= 15 is 0 Å². The van der Waals surface area contributed by atoms with Gasteiger partial charge in [-0.05, 0) is 24.6 Å². The van der Waals surface area contributed by atoms with Crippen LogP contribution in [0.5, 0.6) is 0 Å². The largest absolute Gasteiger partial charge is 0.223 e. The molecule has 0 fully saturated rings. The van der Waals surface area contributed by atoms with E-state index in [1.807, 2.05) is 0 Å². The number of hydrogen-bond donors (Lipinski definition) is 0. The van der Waals surface area contributed by atoms with E-state index in [9.17, 15) is 8.42 Å². The van der Waals surface area contributed by atoms with Gasteiger partial charge < -0.3 is 0 Å². The zero-order valence-corrected chi connectivity index (χ0v) is 9.19. The van der Waals surface area contributed by atoms with Crippen LogP contribution in [-0.2, 0) is 9.84 Å². The Morgan fingerprint density at radius 3 is 2.64 bits per heavy atom. The third kappa shape index (κ3) is 2.28. The average molecular weight is 229 g/mol. The van der Waals surface area contributed by atoms with E-state index in [-0.39, 0.29) is 10.6 Å². The third-order valence-corrected chi connectivity index (χ3v) is 3.70. The van der Waals surface area contributed by atoms with E-state index in [1.54, 1.807) is 13.0 Å². The van der Waals surface area contributed by atoms with Gasteiger partial charge in [-0.3, -0.25) is 0 Å². The molecule has 1 aromatic carbocycles. The highest BCUT2D eigenvalue weighted by molar-refractivity contribution is 7.91. The Morgan fingerprint density at radius 2 is 2.14 bits per heavy atom. The monoisotopic (exact) mass is 228 g/mol. The van der Waals surface area contributed by atoms with Crippen molar-refractivity contribution < 1.29 is 8.42 Å². The Balaban J connectivity index is 3.23. The summed E-state index contributed by atoms with van der Waals surface area (Å²) >= 11 is 5.80. The standard InChI is InChI=1S/C10H9ClO2S/c1-3-6-14(12,13)9-5-4-8(2)10(11)7-9/h1,4-5,7H,6H2,2H3. The van der Waals surface area contributed by atoms with Crippen LogP contribution >= 0.6 is 11.6 Å². The second-order valence-corrected chi connectivity index (χ2v) is 5.27. The van der Waals surface area contributed by atoms with Crippen molar-refractivity contribution in [3.63, 3.8) is 0 Å². The second kappa shape index (κ2) is 4.04. The summed E-state index contributed by atoms with van der Waals surface area (Å²) in [7, 11) is -3.37. The fraction of sp³-hybridized carbons (Fsp3) is 0.200. The predicted octanol–water partition coefficient (Wildman–Crippen LogP) is 2.06. The molecule has 0 heterocycles. The molecule has 0 amide bonds. The normalized spacial score (nSPS) is 10.9. The lowest BCUT2D eigenvalue weighted by Crippen LogP contribution is -2.04. The number of sulfone groups is 1. The molecule has 0 N–H and O–H groups in total. The highest BCUT2D eigenvalue weighted by atomic mass is 35.5. The van der Waals surface area contributed by atoms with Crippen LogP contribution in [0.2, 0.25) is 5.02 Å². The number of benzene rings is 1. The maximum absolute atomic E-state index is 11.5. The minimum atomic E-state index is -3.37. The first-order valence-electron chi connectivity index (χ1n) is 3.90. The Morgan fingerprint density at radius 1 is 1.50 bits per heavy atom. The molecule has 14 heavy (non-hydrogen) atoms. The molecule has 0 aliphatic rings. The molecule has 1 aromatic rings. The summed E-state index contributed by atoms with van der Waals surface area (Å²) in [6.07, 6.45) is 4.96. The number of aryl methyl sites for hydroxylation is 1. The zero-order chi connectivity index (χ0) is 10.8. The van der Waals surface area contributed by atoms with Crippen molar-refractivity contribution in [3.05, 3.63) is 28.8 Å². The maximum Gasteiger partial charge on any atom is 0.189 e. The van der Waals surface area contributed by atoms with Crippen LogP contribution in [0.4, 0.5) is 0 Å². The van der Waals surface area contributed by atoms with Gasteiger partial charge in [0.05, 0.1) is 4.90 Å². The quantitative estimate of drug-likeness (QED) is 0.727. The number of hydrogen-bond acceptors (Lipinski definition) is 2. The fourth-order valence-electron chi connectivity index (χ4n) is 0.960. The van der Waals surface area contributed by atoms with E-state index in [1.165, 1.54) is 12.1 Å². The Bertz CT molecular complexity index is 483. The molecule has 4 heteroatoms. The molecule has 1 rings (SSSR count). The van der Waals surface area contributed by atoms with Crippen molar-refractivity contribution in [2.45, 2.75) is 11.8 Å². The molecule has 0 atom stereocenters. The lowest BCUT2D eigenvalue weighted by Gasteiger charge is -2.02. The van der Waals surface area contributed by atoms with Crippen molar-refractivity contribution in [3.8, 4) is 12.3 Å². The van der Waals surface area contributed by atoms with Crippen LogP contribution in [-0.4, -0.2) is 14.2 Å². The van der Waals surface area contributed by atoms with Crippen molar-refractivity contribution in [1.82, 2.24) is 0 Å². The van der Waals surface area contributed by atoms with Gasteiger partial charge in [0.25, 0.3) is 0 Å². The highest BCUT2D eigenvalue weighted by Crippen LogP contribution is 2.20. The van der Waals surface area contributed by atoms with Gasteiger partial charge >= 0.3 is 0 Å². The first-order chi connectivity index (χ1) is 6.47. The third-order valence-electron chi connectivity index (χ3n) is 1.78. The average Bonchev–Trinajstić information content (AvgIpc) is 2.09. The summed E-state index contributed by atoms with van der Waals surface area (Å²) in [5, 5.41) is 0.433. The molecule has 0 aliphatic carbocycles. The van der Waals surface area contributed by atoms with Crippen molar-refractivity contribution in [2.24, 2.45) is 0 Å². The maximum atomic E-state index is 11.5. The summed E-state index contributed by atoms with van der Waals surface area (Å²) < 4.78 is 23.0. The highest BCUT2D eigenvalue weighted by Gasteiger charge is 2.13. The van der Waals surface area contributed by atoms with Crippen LogP contribution in [0.3, 0.4) is 0 Å².